The molecule has 1 aromatic heterocycles. The SMILES string of the molecule is CC(=O)N[C@@H](C)COC1CC(COc2nccc(-c3ccc(F)cc3)c2F)C1. The lowest BCUT2D eigenvalue weighted by atomic mass is 9.83. The summed E-state index contributed by atoms with van der Waals surface area (Å²) in [6, 6.07) is 7.13. The van der Waals surface area contributed by atoms with Gasteiger partial charge in [-0.25, -0.2) is 13.8 Å². The molecule has 28 heavy (non-hydrogen) atoms. The molecule has 1 atom stereocenters. The molecule has 1 saturated carbocycles. The van der Waals surface area contributed by atoms with Crippen molar-refractivity contribution in [3.05, 3.63) is 48.2 Å². The van der Waals surface area contributed by atoms with Crippen molar-refractivity contribution in [2.75, 3.05) is 13.2 Å². The van der Waals surface area contributed by atoms with Crippen LogP contribution >= 0.6 is 0 Å². The Morgan fingerprint density at radius 2 is 1.96 bits per heavy atom. The van der Waals surface area contributed by atoms with Crippen LogP contribution in [0.4, 0.5) is 8.78 Å². The van der Waals surface area contributed by atoms with Crippen molar-refractivity contribution in [1.82, 2.24) is 10.3 Å². The highest BCUT2D eigenvalue weighted by Crippen LogP contribution is 2.32. The monoisotopic (exact) mass is 390 g/mol. The topological polar surface area (TPSA) is 60.5 Å². The van der Waals surface area contributed by atoms with Gasteiger partial charge in [-0.15, -0.1) is 0 Å². The molecule has 150 valence electrons. The molecule has 1 fully saturated rings. The van der Waals surface area contributed by atoms with Crippen molar-refractivity contribution in [2.45, 2.75) is 38.8 Å². The van der Waals surface area contributed by atoms with E-state index in [1.165, 1.54) is 37.4 Å². The average molecular weight is 390 g/mol. The van der Waals surface area contributed by atoms with E-state index in [-0.39, 0.29) is 35.7 Å². The third-order valence-corrected chi connectivity index (χ3v) is 4.69. The number of aromatic nitrogens is 1. The van der Waals surface area contributed by atoms with E-state index in [1.807, 2.05) is 6.92 Å². The molecule has 0 unspecified atom stereocenters. The van der Waals surface area contributed by atoms with Crippen LogP contribution in [-0.4, -0.2) is 36.3 Å². The second kappa shape index (κ2) is 9.10. The van der Waals surface area contributed by atoms with E-state index in [0.717, 1.165) is 12.8 Å². The van der Waals surface area contributed by atoms with E-state index in [0.29, 0.717) is 24.3 Å². The Balaban J connectivity index is 1.47. The molecule has 7 heteroatoms. The van der Waals surface area contributed by atoms with Crippen molar-refractivity contribution < 1.29 is 23.0 Å². The fourth-order valence-corrected chi connectivity index (χ4v) is 3.19. The molecule has 1 aliphatic rings. The molecule has 2 aromatic rings. The molecule has 1 N–H and O–H groups in total. The summed E-state index contributed by atoms with van der Waals surface area (Å²) in [7, 11) is 0. The minimum atomic E-state index is -0.551. The Bertz CT molecular complexity index is 808. The number of amides is 1. The van der Waals surface area contributed by atoms with E-state index in [4.69, 9.17) is 9.47 Å². The van der Waals surface area contributed by atoms with Crippen molar-refractivity contribution in [3.63, 3.8) is 0 Å². The molecule has 5 nitrogen and oxygen atoms in total. The number of carbonyl (C=O) groups excluding carboxylic acids is 1. The summed E-state index contributed by atoms with van der Waals surface area (Å²) in [6.07, 6.45) is 3.26. The minimum absolute atomic E-state index is 0.0275. The summed E-state index contributed by atoms with van der Waals surface area (Å²) in [5, 5.41) is 2.77. The van der Waals surface area contributed by atoms with Crippen LogP contribution in [0.5, 0.6) is 5.88 Å². The number of ether oxygens (including phenoxy) is 2. The molecule has 0 saturated heterocycles. The molecule has 0 spiro atoms. The smallest absolute Gasteiger partial charge is 0.251 e. The van der Waals surface area contributed by atoms with Crippen molar-refractivity contribution in [2.24, 2.45) is 5.92 Å². The lowest BCUT2D eigenvalue weighted by Gasteiger charge is -2.35. The third-order valence-electron chi connectivity index (χ3n) is 4.69. The fraction of sp³-hybridized carbons (Fsp3) is 0.429. The largest absolute Gasteiger partial charge is 0.475 e. The second-order valence-corrected chi connectivity index (χ2v) is 7.19. The van der Waals surface area contributed by atoms with E-state index in [1.54, 1.807) is 6.07 Å². The summed E-state index contributed by atoms with van der Waals surface area (Å²) in [5.41, 5.74) is 0.892. The summed E-state index contributed by atoms with van der Waals surface area (Å²) >= 11 is 0. The van der Waals surface area contributed by atoms with E-state index in [2.05, 4.69) is 10.3 Å². The van der Waals surface area contributed by atoms with E-state index >= 15 is 0 Å². The zero-order valence-electron chi connectivity index (χ0n) is 16.0. The first-order valence-electron chi connectivity index (χ1n) is 9.34. The molecule has 0 radical (unpaired) electrons. The lowest BCUT2D eigenvalue weighted by molar-refractivity contribution is -0.120. The quantitative estimate of drug-likeness (QED) is 0.746. The van der Waals surface area contributed by atoms with Crippen LogP contribution in [0.25, 0.3) is 11.1 Å². The second-order valence-electron chi connectivity index (χ2n) is 7.19. The molecule has 0 aliphatic heterocycles. The van der Waals surface area contributed by atoms with Gasteiger partial charge < -0.3 is 14.8 Å². The number of benzene rings is 1. The van der Waals surface area contributed by atoms with Gasteiger partial charge in [-0.1, -0.05) is 12.1 Å². The Kier molecular flexibility index (Phi) is 6.57. The third kappa shape index (κ3) is 5.25. The van der Waals surface area contributed by atoms with Crippen molar-refractivity contribution >= 4 is 5.91 Å². The maximum Gasteiger partial charge on any atom is 0.251 e. The standard InChI is InChI=1S/C21H24F2N2O3/c1-13(25-14(2)26)11-27-18-9-15(10-18)12-28-21-20(23)19(7-8-24-21)16-3-5-17(22)6-4-16/h3-8,13,15,18H,9-12H2,1-2H3,(H,25,26)/t13-,15?,18?/m0/s1. The van der Waals surface area contributed by atoms with Crippen LogP contribution in [0.3, 0.4) is 0 Å². The van der Waals surface area contributed by atoms with Gasteiger partial charge in [0.25, 0.3) is 5.88 Å². The number of nitrogens with zero attached hydrogens (tertiary/aromatic N) is 1. The predicted molar refractivity (Wildman–Crippen MR) is 101 cm³/mol. The van der Waals surface area contributed by atoms with Gasteiger partial charge in [-0.3, -0.25) is 4.79 Å². The van der Waals surface area contributed by atoms with Gasteiger partial charge in [0.1, 0.15) is 5.82 Å². The number of carbonyl (C=O) groups is 1. The van der Waals surface area contributed by atoms with Gasteiger partial charge in [0, 0.05) is 24.7 Å². The summed E-state index contributed by atoms with van der Waals surface area (Å²) in [5.74, 6) is -0.774. The molecule has 1 aliphatic carbocycles. The highest BCUT2D eigenvalue weighted by Gasteiger charge is 2.31. The average Bonchev–Trinajstić information content (AvgIpc) is 2.61. The lowest BCUT2D eigenvalue weighted by Crippen LogP contribution is -2.40. The van der Waals surface area contributed by atoms with Gasteiger partial charge in [-0.05, 0) is 49.4 Å². The highest BCUT2D eigenvalue weighted by atomic mass is 19.1. The molecule has 1 heterocycles. The normalized spacial score (nSPS) is 19.6. The number of pyridine rings is 1. The molecule has 1 amide bonds. The summed E-state index contributed by atoms with van der Waals surface area (Å²) in [6.45, 7) is 4.19. The van der Waals surface area contributed by atoms with Gasteiger partial charge in [0.15, 0.2) is 5.82 Å². The van der Waals surface area contributed by atoms with E-state index in [9.17, 15) is 13.6 Å². The Hall–Kier alpha value is -2.54. The predicted octanol–water partition coefficient (Wildman–Crippen LogP) is 3.73. The Labute approximate surface area is 163 Å². The molecule has 1 aromatic carbocycles. The zero-order chi connectivity index (χ0) is 20.1. The minimum Gasteiger partial charge on any atom is -0.475 e. The maximum atomic E-state index is 14.7. The Morgan fingerprint density at radius 3 is 2.64 bits per heavy atom. The van der Waals surface area contributed by atoms with Crippen LogP contribution in [0.2, 0.25) is 0 Å². The highest BCUT2D eigenvalue weighted by molar-refractivity contribution is 5.73. The van der Waals surface area contributed by atoms with Crippen molar-refractivity contribution in [1.29, 1.82) is 0 Å². The molecule has 0 bridgehead atoms. The zero-order valence-corrected chi connectivity index (χ0v) is 16.0. The number of nitrogens with one attached hydrogen (secondary N) is 1. The number of halogens is 2. The molecular weight excluding hydrogens is 366 g/mol. The first-order valence-corrected chi connectivity index (χ1v) is 9.34. The Morgan fingerprint density at radius 1 is 1.25 bits per heavy atom. The summed E-state index contributed by atoms with van der Waals surface area (Å²) < 4.78 is 39.1. The van der Waals surface area contributed by atoms with Crippen LogP contribution < -0.4 is 10.1 Å². The number of hydrogen-bond donors (Lipinski definition) is 1. The van der Waals surface area contributed by atoms with Crippen LogP contribution in [0.15, 0.2) is 36.5 Å². The first-order chi connectivity index (χ1) is 13.4. The van der Waals surface area contributed by atoms with Crippen LogP contribution in [0, 0.1) is 17.6 Å². The van der Waals surface area contributed by atoms with Gasteiger partial charge in [0.05, 0.1) is 19.3 Å². The fourth-order valence-electron chi connectivity index (χ4n) is 3.19. The van der Waals surface area contributed by atoms with E-state index < -0.39 is 5.82 Å². The first kappa shape index (κ1) is 20.2. The van der Waals surface area contributed by atoms with Gasteiger partial charge in [-0.2, -0.15) is 0 Å². The molecule has 3 rings (SSSR count). The van der Waals surface area contributed by atoms with Gasteiger partial charge >= 0.3 is 0 Å². The molecular formula is C21H24F2N2O3. The maximum absolute atomic E-state index is 14.7. The van der Waals surface area contributed by atoms with Gasteiger partial charge in [0.2, 0.25) is 5.91 Å². The van der Waals surface area contributed by atoms with Crippen molar-refractivity contribution in [3.8, 4) is 17.0 Å². The van der Waals surface area contributed by atoms with Crippen LogP contribution in [0.1, 0.15) is 26.7 Å². The number of rotatable bonds is 8. The summed E-state index contributed by atoms with van der Waals surface area (Å²) in [4.78, 5) is 15.0. The van der Waals surface area contributed by atoms with Crippen LogP contribution in [-0.2, 0) is 9.53 Å². The number of hydrogen-bond acceptors (Lipinski definition) is 4.